The van der Waals surface area contributed by atoms with Gasteiger partial charge in [-0.25, -0.2) is 0 Å². The van der Waals surface area contributed by atoms with Crippen LogP contribution >= 0.6 is 0 Å². The Kier molecular flexibility index (Phi) is 5.01. The SMILES string of the molecule is COc1ccc(CC(Nc2ccc3nnnn3n2)c2ccccc2)cc1OC. The van der Waals surface area contributed by atoms with Gasteiger partial charge in [0, 0.05) is 0 Å². The van der Waals surface area contributed by atoms with Crippen molar-refractivity contribution in [1.29, 1.82) is 0 Å². The number of benzene rings is 2. The number of fused-ring (bicyclic) bond motifs is 1. The molecule has 0 bridgehead atoms. The minimum atomic E-state index is 0.000677. The van der Waals surface area contributed by atoms with Crippen LogP contribution in [0.5, 0.6) is 11.5 Å². The minimum absolute atomic E-state index is 0.000677. The Balaban J connectivity index is 1.64. The molecule has 2 aromatic heterocycles. The highest BCUT2D eigenvalue weighted by Gasteiger charge is 2.15. The molecular weight excluding hydrogens is 356 g/mol. The Morgan fingerprint density at radius 2 is 1.79 bits per heavy atom. The summed E-state index contributed by atoms with van der Waals surface area (Å²) < 4.78 is 12.2. The van der Waals surface area contributed by atoms with Crippen LogP contribution in [0.3, 0.4) is 0 Å². The van der Waals surface area contributed by atoms with E-state index in [1.54, 1.807) is 14.2 Å². The summed E-state index contributed by atoms with van der Waals surface area (Å²) in [6, 6.07) is 19.9. The number of methoxy groups -OCH3 is 2. The van der Waals surface area contributed by atoms with Crippen molar-refractivity contribution >= 4 is 11.5 Å². The average molecular weight is 376 g/mol. The van der Waals surface area contributed by atoms with E-state index in [4.69, 9.17) is 9.47 Å². The van der Waals surface area contributed by atoms with Crippen LogP contribution in [-0.2, 0) is 6.42 Å². The van der Waals surface area contributed by atoms with E-state index in [1.807, 2.05) is 48.5 Å². The van der Waals surface area contributed by atoms with Crippen molar-refractivity contribution in [3.8, 4) is 11.5 Å². The summed E-state index contributed by atoms with van der Waals surface area (Å²) in [4.78, 5) is 0. The minimum Gasteiger partial charge on any atom is -0.493 e. The average Bonchev–Trinajstić information content (AvgIpc) is 3.21. The van der Waals surface area contributed by atoms with Crippen LogP contribution in [0.15, 0.2) is 60.7 Å². The second kappa shape index (κ2) is 7.91. The topological polar surface area (TPSA) is 86.5 Å². The molecule has 0 fully saturated rings. The maximum Gasteiger partial charge on any atom is 0.200 e. The van der Waals surface area contributed by atoms with Crippen molar-refractivity contribution in [2.24, 2.45) is 0 Å². The van der Waals surface area contributed by atoms with E-state index in [1.165, 1.54) is 4.63 Å². The quantitative estimate of drug-likeness (QED) is 0.531. The molecule has 1 unspecified atom stereocenters. The van der Waals surface area contributed by atoms with Crippen LogP contribution in [0, 0.1) is 0 Å². The van der Waals surface area contributed by atoms with Gasteiger partial charge in [-0.05, 0) is 52.2 Å². The Hall–Kier alpha value is -3.68. The van der Waals surface area contributed by atoms with Gasteiger partial charge in [0.05, 0.1) is 20.3 Å². The van der Waals surface area contributed by atoms with Crippen molar-refractivity contribution in [3.63, 3.8) is 0 Å². The van der Waals surface area contributed by atoms with Gasteiger partial charge >= 0.3 is 0 Å². The summed E-state index contributed by atoms with van der Waals surface area (Å²) in [6.07, 6.45) is 0.736. The molecule has 2 heterocycles. The Labute approximate surface area is 162 Å². The molecule has 142 valence electrons. The first-order valence-corrected chi connectivity index (χ1v) is 8.84. The van der Waals surface area contributed by atoms with E-state index < -0.39 is 0 Å². The standard InChI is InChI=1S/C20H20N6O2/c1-27-17-9-8-14(13-18(17)28-2)12-16(15-6-4-3-5-7-15)21-19-10-11-20-22-24-25-26(20)23-19/h3-11,13,16H,12H2,1-2H3,(H,21,23). The second-order valence-corrected chi connectivity index (χ2v) is 6.25. The molecule has 1 atom stereocenters. The van der Waals surface area contributed by atoms with Gasteiger partial charge in [-0.3, -0.25) is 0 Å². The second-order valence-electron chi connectivity index (χ2n) is 6.25. The van der Waals surface area contributed by atoms with Gasteiger partial charge in [-0.15, -0.1) is 14.8 Å². The summed E-state index contributed by atoms with van der Waals surface area (Å²) in [5.41, 5.74) is 2.86. The molecule has 0 spiro atoms. The first-order chi connectivity index (χ1) is 13.8. The molecule has 0 saturated carbocycles. The lowest BCUT2D eigenvalue weighted by molar-refractivity contribution is 0.354. The summed E-state index contributed by atoms with van der Waals surface area (Å²) in [5, 5.41) is 19.3. The van der Waals surface area contributed by atoms with E-state index in [0.717, 1.165) is 17.5 Å². The summed E-state index contributed by atoms with van der Waals surface area (Å²) >= 11 is 0. The van der Waals surface area contributed by atoms with Crippen LogP contribution in [0.25, 0.3) is 5.65 Å². The monoisotopic (exact) mass is 376 g/mol. The van der Waals surface area contributed by atoms with Gasteiger partial charge in [0.1, 0.15) is 5.82 Å². The number of nitrogens with one attached hydrogen (secondary N) is 1. The summed E-state index contributed by atoms with van der Waals surface area (Å²) in [7, 11) is 3.27. The van der Waals surface area contributed by atoms with Crippen molar-refractivity contribution in [1.82, 2.24) is 25.3 Å². The molecule has 0 amide bonds. The normalized spacial score (nSPS) is 11.9. The third-order valence-corrected chi connectivity index (χ3v) is 4.48. The zero-order valence-electron chi connectivity index (χ0n) is 15.6. The smallest absolute Gasteiger partial charge is 0.200 e. The Morgan fingerprint density at radius 3 is 2.57 bits per heavy atom. The van der Waals surface area contributed by atoms with Gasteiger partial charge in [0.25, 0.3) is 0 Å². The highest BCUT2D eigenvalue weighted by atomic mass is 16.5. The summed E-state index contributed by atoms with van der Waals surface area (Å²) in [6.45, 7) is 0. The van der Waals surface area contributed by atoms with E-state index in [-0.39, 0.29) is 6.04 Å². The van der Waals surface area contributed by atoms with Crippen LogP contribution in [0.4, 0.5) is 5.82 Å². The number of ether oxygens (including phenoxy) is 2. The van der Waals surface area contributed by atoms with Crippen molar-refractivity contribution < 1.29 is 9.47 Å². The first-order valence-electron chi connectivity index (χ1n) is 8.84. The van der Waals surface area contributed by atoms with Gasteiger partial charge < -0.3 is 14.8 Å². The Bertz CT molecular complexity index is 1070. The lowest BCUT2D eigenvalue weighted by Crippen LogP contribution is -2.15. The highest BCUT2D eigenvalue weighted by molar-refractivity contribution is 5.46. The molecule has 0 aliphatic heterocycles. The van der Waals surface area contributed by atoms with E-state index in [2.05, 4.69) is 38.1 Å². The Morgan fingerprint density at radius 1 is 0.964 bits per heavy atom. The van der Waals surface area contributed by atoms with Crippen LogP contribution < -0.4 is 14.8 Å². The largest absolute Gasteiger partial charge is 0.493 e. The van der Waals surface area contributed by atoms with Crippen molar-refractivity contribution in [3.05, 3.63) is 71.8 Å². The fraction of sp³-hybridized carbons (Fsp3) is 0.200. The van der Waals surface area contributed by atoms with E-state index in [9.17, 15) is 0 Å². The lowest BCUT2D eigenvalue weighted by atomic mass is 9.98. The number of hydrogen-bond donors (Lipinski definition) is 1. The highest BCUT2D eigenvalue weighted by Crippen LogP contribution is 2.30. The predicted octanol–water partition coefficient (Wildman–Crippen LogP) is 2.93. The van der Waals surface area contributed by atoms with E-state index >= 15 is 0 Å². The molecule has 8 nitrogen and oxygen atoms in total. The fourth-order valence-corrected chi connectivity index (χ4v) is 3.09. The van der Waals surface area contributed by atoms with Gasteiger partial charge in [-0.2, -0.15) is 0 Å². The van der Waals surface area contributed by atoms with Gasteiger partial charge in [0.15, 0.2) is 17.1 Å². The van der Waals surface area contributed by atoms with Crippen LogP contribution in [0.1, 0.15) is 17.2 Å². The van der Waals surface area contributed by atoms with Crippen LogP contribution in [0.2, 0.25) is 0 Å². The zero-order chi connectivity index (χ0) is 19.3. The molecule has 0 saturated heterocycles. The van der Waals surface area contributed by atoms with E-state index in [0.29, 0.717) is 23.0 Å². The molecule has 0 aliphatic rings. The molecule has 0 aliphatic carbocycles. The maximum absolute atomic E-state index is 5.44. The molecule has 1 N–H and O–H groups in total. The number of hydrogen-bond acceptors (Lipinski definition) is 7. The van der Waals surface area contributed by atoms with Gasteiger partial charge in [-0.1, -0.05) is 36.4 Å². The molecule has 28 heavy (non-hydrogen) atoms. The predicted molar refractivity (Wildman–Crippen MR) is 105 cm³/mol. The number of rotatable bonds is 7. The third-order valence-electron chi connectivity index (χ3n) is 4.48. The zero-order valence-corrected chi connectivity index (χ0v) is 15.6. The lowest BCUT2D eigenvalue weighted by Gasteiger charge is -2.20. The molecule has 4 aromatic rings. The third kappa shape index (κ3) is 3.71. The molecule has 4 rings (SSSR count). The summed E-state index contributed by atoms with van der Waals surface area (Å²) in [5.74, 6) is 2.11. The number of anilines is 1. The number of tetrazole rings is 1. The van der Waals surface area contributed by atoms with Crippen molar-refractivity contribution in [2.45, 2.75) is 12.5 Å². The fourth-order valence-electron chi connectivity index (χ4n) is 3.09. The molecular formula is C20H20N6O2. The molecule has 2 aromatic carbocycles. The van der Waals surface area contributed by atoms with Gasteiger partial charge in [0.2, 0.25) is 0 Å². The number of aromatic nitrogens is 5. The first kappa shape index (κ1) is 17.7. The van der Waals surface area contributed by atoms with Crippen molar-refractivity contribution in [2.75, 3.05) is 19.5 Å². The van der Waals surface area contributed by atoms with Crippen LogP contribution in [-0.4, -0.2) is 39.5 Å². The molecule has 0 radical (unpaired) electrons. The molecule has 8 heteroatoms. The maximum atomic E-state index is 5.44. The number of nitrogens with zero attached hydrogens (tertiary/aromatic N) is 5.